The predicted octanol–water partition coefficient (Wildman–Crippen LogP) is 4.24. The number of hydrogen-bond donors (Lipinski definition) is 1. The number of benzene rings is 1. The van der Waals surface area contributed by atoms with Crippen molar-refractivity contribution in [3.05, 3.63) is 57.8 Å². The van der Waals surface area contributed by atoms with Crippen molar-refractivity contribution in [2.24, 2.45) is 0 Å². The number of rotatable bonds is 2. The standard InChI is InChI=1S/C15H12BrClN4/c1-9-4-5-19-14(6-9)21-8-13(18)15(20-21)11-3-2-10(16)7-12(11)17/h2-8H,18H2,1H3. The van der Waals surface area contributed by atoms with E-state index in [1.807, 2.05) is 37.3 Å². The van der Waals surface area contributed by atoms with Gasteiger partial charge in [0.15, 0.2) is 5.82 Å². The minimum absolute atomic E-state index is 0.558. The molecule has 0 aliphatic carbocycles. The SMILES string of the molecule is Cc1ccnc(-n2cc(N)c(-c3ccc(Br)cc3Cl)n2)c1. The molecule has 21 heavy (non-hydrogen) atoms. The van der Waals surface area contributed by atoms with Crippen LogP contribution in [-0.4, -0.2) is 14.8 Å². The summed E-state index contributed by atoms with van der Waals surface area (Å²) in [5.74, 6) is 0.723. The van der Waals surface area contributed by atoms with E-state index >= 15 is 0 Å². The second kappa shape index (κ2) is 5.50. The van der Waals surface area contributed by atoms with E-state index in [0.29, 0.717) is 16.4 Å². The first-order chi connectivity index (χ1) is 10.0. The topological polar surface area (TPSA) is 56.7 Å². The fraction of sp³-hybridized carbons (Fsp3) is 0.0667. The van der Waals surface area contributed by atoms with Crippen LogP contribution >= 0.6 is 27.5 Å². The molecule has 0 unspecified atom stereocenters. The highest BCUT2D eigenvalue weighted by atomic mass is 79.9. The van der Waals surface area contributed by atoms with Gasteiger partial charge in [0, 0.05) is 16.2 Å². The van der Waals surface area contributed by atoms with Crippen LogP contribution in [0.2, 0.25) is 5.02 Å². The lowest BCUT2D eigenvalue weighted by atomic mass is 10.1. The van der Waals surface area contributed by atoms with Crippen molar-refractivity contribution in [2.75, 3.05) is 5.73 Å². The lowest BCUT2D eigenvalue weighted by molar-refractivity contribution is 0.848. The molecule has 0 fully saturated rings. The van der Waals surface area contributed by atoms with E-state index in [1.54, 1.807) is 17.1 Å². The maximum atomic E-state index is 6.27. The van der Waals surface area contributed by atoms with Gasteiger partial charge in [-0.15, -0.1) is 0 Å². The Labute approximate surface area is 135 Å². The Morgan fingerprint density at radius 1 is 1.24 bits per heavy atom. The average Bonchev–Trinajstić information content (AvgIpc) is 2.81. The van der Waals surface area contributed by atoms with Gasteiger partial charge in [0.1, 0.15) is 5.69 Å². The van der Waals surface area contributed by atoms with Gasteiger partial charge in [0.05, 0.1) is 16.9 Å². The molecule has 2 aromatic heterocycles. The number of nitrogens with two attached hydrogens (primary N) is 1. The number of aryl methyl sites for hydroxylation is 1. The van der Waals surface area contributed by atoms with Gasteiger partial charge in [0.2, 0.25) is 0 Å². The van der Waals surface area contributed by atoms with Crippen molar-refractivity contribution < 1.29 is 0 Å². The second-order valence-corrected chi connectivity index (χ2v) is 6.02. The van der Waals surface area contributed by atoms with Gasteiger partial charge in [0.25, 0.3) is 0 Å². The first-order valence-corrected chi connectivity index (χ1v) is 7.45. The number of anilines is 1. The molecular weight excluding hydrogens is 352 g/mol. The van der Waals surface area contributed by atoms with Crippen LogP contribution in [0.4, 0.5) is 5.69 Å². The zero-order chi connectivity index (χ0) is 15.0. The Kier molecular flexibility index (Phi) is 3.69. The number of nitrogens with zero attached hydrogens (tertiary/aromatic N) is 3. The van der Waals surface area contributed by atoms with Crippen LogP contribution in [0.25, 0.3) is 17.1 Å². The van der Waals surface area contributed by atoms with Crippen molar-refractivity contribution in [3.63, 3.8) is 0 Å². The molecule has 0 saturated heterocycles. The molecule has 0 spiro atoms. The minimum Gasteiger partial charge on any atom is -0.396 e. The van der Waals surface area contributed by atoms with E-state index in [2.05, 4.69) is 26.0 Å². The lowest BCUT2D eigenvalue weighted by Gasteiger charge is -2.03. The van der Waals surface area contributed by atoms with Crippen LogP contribution in [0.5, 0.6) is 0 Å². The molecule has 0 bridgehead atoms. The molecule has 2 N–H and O–H groups in total. The monoisotopic (exact) mass is 362 g/mol. The fourth-order valence-electron chi connectivity index (χ4n) is 2.04. The van der Waals surface area contributed by atoms with Gasteiger partial charge in [-0.2, -0.15) is 5.10 Å². The van der Waals surface area contributed by atoms with Crippen LogP contribution in [0.1, 0.15) is 5.56 Å². The Hall–Kier alpha value is -1.85. The zero-order valence-electron chi connectivity index (χ0n) is 11.2. The third-order valence-electron chi connectivity index (χ3n) is 3.06. The molecule has 0 atom stereocenters. The summed E-state index contributed by atoms with van der Waals surface area (Å²) in [6, 6.07) is 9.49. The van der Waals surface area contributed by atoms with E-state index in [4.69, 9.17) is 17.3 Å². The van der Waals surface area contributed by atoms with Crippen molar-refractivity contribution >= 4 is 33.2 Å². The number of halogens is 2. The zero-order valence-corrected chi connectivity index (χ0v) is 13.6. The van der Waals surface area contributed by atoms with Gasteiger partial charge >= 0.3 is 0 Å². The molecule has 1 aromatic carbocycles. The minimum atomic E-state index is 0.558. The Morgan fingerprint density at radius 2 is 2.05 bits per heavy atom. The highest BCUT2D eigenvalue weighted by Gasteiger charge is 2.13. The Morgan fingerprint density at radius 3 is 2.76 bits per heavy atom. The number of pyridine rings is 1. The number of hydrogen-bond acceptors (Lipinski definition) is 3. The summed E-state index contributed by atoms with van der Waals surface area (Å²) >= 11 is 9.65. The summed E-state index contributed by atoms with van der Waals surface area (Å²) in [6.07, 6.45) is 3.49. The van der Waals surface area contributed by atoms with Gasteiger partial charge in [-0.05, 0) is 36.8 Å². The molecule has 4 nitrogen and oxygen atoms in total. The van der Waals surface area contributed by atoms with Crippen LogP contribution in [0.15, 0.2) is 47.2 Å². The fourth-order valence-corrected chi connectivity index (χ4v) is 2.80. The van der Waals surface area contributed by atoms with Crippen LogP contribution in [0.3, 0.4) is 0 Å². The Balaban J connectivity index is 2.10. The maximum Gasteiger partial charge on any atom is 0.153 e. The number of aromatic nitrogens is 3. The third-order valence-corrected chi connectivity index (χ3v) is 3.87. The molecule has 0 saturated carbocycles. The first kappa shape index (κ1) is 14.1. The van der Waals surface area contributed by atoms with Crippen molar-refractivity contribution in [1.82, 2.24) is 14.8 Å². The predicted molar refractivity (Wildman–Crippen MR) is 88.7 cm³/mol. The van der Waals surface area contributed by atoms with Crippen LogP contribution in [0, 0.1) is 6.92 Å². The molecule has 0 amide bonds. The summed E-state index contributed by atoms with van der Waals surface area (Å²) in [6.45, 7) is 2.00. The molecule has 2 heterocycles. The first-order valence-electron chi connectivity index (χ1n) is 6.28. The molecule has 0 aliphatic heterocycles. The molecule has 3 rings (SSSR count). The number of nitrogen functional groups attached to an aromatic ring is 1. The summed E-state index contributed by atoms with van der Waals surface area (Å²) in [7, 11) is 0. The van der Waals surface area contributed by atoms with E-state index in [1.165, 1.54) is 0 Å². The van der Waals surface area contributed by atoms with Crippen molar-refractivity contribution in [2.45, 2.75) is 6.92 Å². The molecule has 0 radical (unpaired) electrons. The second-order valence-electron chi connectivity index (χ2n) is 4.69. The van der Waals surface area contributed by atoms with Gasteiger partial charge in [-0.25, -0.2) is 9.67 Å². The van der Waals surface area contributed by atoms with Crippen molar-refractivity contribution in [3.8, 4) is 17.1 Å². The largest absolute Gasteiger partial charge is 0.396 e. The average molecular weight is 364 g/mol. The van der Waals surface area contributed by atoms with Gasteiger partial charge < -0.3 is 5.73 Å². The highest BCUT2D eigenvalue weighted by Crippen LogP contribution is 2.33. The normalized spacial score (nSPS) is 10.8. The van der Waals surface area contributed by atoms with Crippen molar-refractivity contribution in [1.29, 1.82) is 0 Å². The van der Waals surface area contributed by atoms with E-state index in [0.717, 1.165) is 21.4 Å². The quantitative estimate of drug-likeness (QED) is 0.741. The summed E-state index contributed by atoms with van der Waals surface area (Å²) < 4.78 is 2.57. The van der Waals surface area contributed by atoms with Gasteiger partial charge in [-0.3, -0.25) is 0 Å². The molecule has 6 heteroatoms. The van der Waals surface area contributed by atoms with E-state index < -0.39 is 0 Å². The molecule has 106 valence electrons. The lowest BCUT2D eigenvalue weighted by Crippen LogP contribution is -1.98. The third kappa shape index (κ3) is 2.80. The summed E-state index contributed by atoms with van der Waals surface area (Å²) in [4.78, 5) is 4.30. The molecule has 0 aliphatic rings. The highest BCUT2D eigenvalue weighted by molar-refractivity contribution is 9.10. The van der Waals surface area contributed by atoms with Crippen LogP contribution < -0.4 is 5.73 Å². The van der Waals surface area contributed by atoms with E-state index in [9.17, 15) is 0 Å². The maximum absolute atomic E-state index is 6.27. The van der Waals surface area contributed by atoms with Crippen LogP contribution in [-0.2, 0) is 0 Å². The smallest absolute Gasteiger partial charge is 0.153 e. The van der Waals surface area contributed by atoms with Gasteiger partial charge in [-0.1, -0.05) is 33.6 Å². The summed E-state index contributed by atoms with van der Waals surface area (Å²) in [5, 5.41) is 5.11. The Bertz CT molecular complexity index is 813. The molecule has 3 aromatic rings. The van der Waals surface area contributed by atoms with E-state index in [-0.39, 0.29) is 0 Å². The molecular formula is C15H12BrClN4. The summed E-state index contributed by atoms with van der Waals surface area (Å²) in [5.41, 5.74) is 9.18.